The van der Waals surface area contributed by atoms with Crippen LogP contribution in [0.4, 0.5) is 23.4 Å². The van der Waals surface area contributed by atoms with Crippen LogP contribution in [0.25, 0.3) is 22.3 Å². The lowest BCUT2D eigenvalue weighted by Gasteiger charge is -2.08. The topological polar surface area (TPSA) is 141 Å². The Labute approximate surface area is 142 Å². The number of nitrogens with zero attached hydrogens (tertiary/aromatic N) is 6. The number of hydrogen-bond donors (Lipinski definition) is 3. The normalized spacial score (nSPS) is 10.7. The summed E-state index contributed by atoms with van der Waals surface area (Å²) in [5.74, 6) is 1.23. The zero-order valence-corrected chi connectivity index (χ0v) is 13.0. The standard InChI is InChI=1S/C16H13N9/c17-15-20-13(21-16(18)22-15)9-5-7-10(8-6-9)19-14-11-3-1-2-4-12(11)23-25-24-14/h1-8H,(H,19,23,24)(H4,17,18,20,21,22). The maximum absolute atomic E-state index is 5.61. The maximum Gasteiger partial charge on any atom is 0.225 e. The van der Waals surface area contributed by atoms with Crippen molar-refractivity contribution in [3.63, 3.8) is 0 Å². The number of rotatable bonds is 3. The molecule has 0 unspecified atom stereocenters. The molecule has 122 valence electrons. The quantitative estimate of drug-likeness (QED) is 0.512. The van der Waals surface area contributed by atoms with E-state index in [1.807, 2.05) is 48.5 Å². The summed E-state index contributed by atoms with van der Waals surface area (Å²) < 4.78 is 0. The highest BCUT2D eigenvalue weighted by atomic mass is 15.3. The number of nitrogens with one attached hydrogen (secondary N) is 1. The lowest BCUT2D eigenvalue weighted by molar-refractivity contribution is 0.900. The zero-order chi connectivity index (χ0) is 17.2. The molecule has 5 N–H and O–H groups in total. The number of nitrogens with two attached hydrogens (primary N) is 2. The second kappa shape index (κ2) is 5.96. The predicted molar refractivity (Wildman–Crippen MR) is 94.7 cm³/mol. The molecule has 25 heavy (non-hydrogen) atoms. The summed E-state index contributed by atoms with van der Waals surface area (Å²) in [5.41, 5.74) is 13.6. The van der Waals surface area contributed by atoms with Crippen LogP contribution in [0.5, 0.6) is 0 Å². The van der Waals surface area contributed by atoms with E-state index in [-0.39, 0.29) is 11.9 Å². The molecule has 0 saturated carbocycles. The van der Waals surface area contributed by atoms with Gasteiger partial charge in [0.05, 0.1) is 5.52 Å². The van der Waals surface area contributed by atoms with Crippen LogP contribution in [0, 0.1) is 0 Å². The monoisotopic (exact) mass is 331 g/mol. The van der Waals surface area contributed by atoms with Gasteiger partial charge in [0.2, 0.25) is 11.9 Å². The number of fused-ring (bicyclic) bond motifs is 1. The minimum absolute atomic E-state index is 0.0863. The molecule has 0 fully saturated rings. The second-order valence-electron chi connectivity index (χ2n) is 5.23. The van der Waals surface area contributed by atoms with Crippen molar-refractivity contribution in [1.82, 2.24) is 30.4 Å². The van der Waals surface area contributed by atoms with Gasteiger partial charge in [0, 0.05) is 16.6 Å². The van der Waals surface area contributed by atoms with Crippen LogP contribution in [0.15, 0.2) is 48.5 Å². The Morgan fingerprint density at radius 1 is 0.760 bits per heavy atom. The lowest BCUT2D eigenvalue weighted by Crippen LogP contribution is -2.04. The smallest absolute Gasteiger partial charge is 0.225 e. The van der Waals surface area contributed by atoms with E-state index < -0.39 is 0 Å². The van der Waals surface area contributed by atoms with Crippen LogP contribution in [0.1, 0.15) is 0 Å². The minimum Gasteiger partial charge on any atom is -0.368 e. The number of anilines is 4. The van der Waals surface area contributed by atoms with Crippen molar-refractivity contribution in [3.8, 4) is 11.4 Å². The first-order chi connectivity index (χ1) is 12.2. The molecule has 0 spiro atoms. The number of nitrogen functional groups attached to an aromatic ring is 2. The van der Waals surface area contributed by atoms with Gasteiger partial charge in [-0.05, 0) is 41.6 Å². The highest BCUT2D eigenvalue weighted by Gasteiger charge is 2.07. The summed E-state index contributed by atoms with van der Waals surface area (Å²) in [7, 11) is 0. The van der Waals surface area contributed by atoms with Crippen molar-refractivity contribution in [2.24, 2.45) is 0 Å². The van der Waals surface area contributed by atoms with Gasteiger partial charge >= 0.3 is 0 Å². The molecule has 2 heterocycles. The van der Waals surface area contributed by atoms with Crippen LogP contribution in [-0.2, 0) is 0 Å². The molecule has 2 aromatic heterocycles. The Morgan fingerprint density at radius 2 is 1.48 bits per heavy atom. The van der Waals surface area contributed by atoms with Gasteiger partial charge in [-0.1, -0.05) is 12.1 Å². The molecule has 0 saturated heterocycles. The molecular weight excluding hydrogens is 318 g/mol. The Balaban J connectivity index is 1.64. The molecule has 2 aromatic carbocycles. The van der Waals surface area contributed by atoms with Gasteiger partial charge < -0.3 is 16.8 Å². The molecular formula is C16H13N9. The van der Waals surface area contributed by atoms with E-state index in [0.717, 1.165) is 22.2 Å². The van der Waals surface area contributed by atoms with Crippen LogP contribution in [0.3, 0.4) is 0 Å². The summed E-state index contributed by atoms with van der Waals surface area (Å²) >= 11 is 0. The van der Waals surface area contributed by atoms with E-state index in [1.165, 1.54) is 0 Å². The van der Waals surface area contributed by atoms with E-state index in [4.69, 9.17) is 11.5 Å². The van der Waals surface area contributed by atoms with E-state index in [9.17, 15) is 0 Å². The highest BCUT2D eigenvalue weighted by molar-refractivity contribution is 5.90. The molecule has 9 heteroatoms. The Morgan fingerprint density at radius 3 is 2.24 bits per heavy atom. The van der Waals surface area contributed by atoms with Crippen LogP contribution in [-0.4, -0.2) is 30.4 Å². The van der Waals surface area contributed by atoms with Crippen LogP contribution < -0.4 is 16.8 Å². The van der Waals surface area contributed by atoms with Crippen LogP contribution >= 0.6 is 0 Å². The molecule has 4 aromatic rings. The Hall–Kier alpha value is -3.88. The summed E-state index contributed by atoms with van der Waals surface area (Å²) in [5, 5.41) is 16.0. The summed E-state index contributed by atoms with van der Waals surface area (Å²) in [6.07, 6.45) is 0. The van der Waals surface area contributed by atoms with Gasteiger partial charge in [0.25, 0.3) is 0 Å². The van der Waals surface area contributed by atoms with E-state index in [2.05, 4.69) is 35.7 Å². The molecule has 0 aliphatic rings. The van der Waals surface area contributed by atoms with Crippen molar-refractivity contribution < 1.29 is 0 Å². The van der Waals surface area contributed by atoms with Gasteiger partial charge in [-0.2, -0.15) is 15.0 Å². The average Bonchev–Trinajstić information content (AvgIpc) is 2.62. The SMILES string of the molecule is Nc1nc(N)nc(-c2ccc(Nc3nnnc4ccccc34)cc2)n1. The molecule has 0 aliphatic heterocycles. The van der Waals surface area contributed by atoms with Gasteiger partial charge in [0.15, 0.2) is 11.6 Å². The van der Waals surface area contributed by atoms with Gasteiger partial charge in [-0.15, -0.1) is 10.2 Å². The van der Waals surface area contributed by atoms with E-state index in [1.54, 1.807) is 0 Å². The van der Waals surface area contributed by atoms with E-state index >= 15 is 0 Å². The third-order valence-corrected chi connectivity index (χ3v) is 3.53. The van der Waals surface area contributed by atoms with Gasteiger partial charge in [-0.3, -0.25) is 0 Å². The molecule has 0 bridgehead atoms. The van der Waals surface area contributed by atoms with Crippen molar-refractivity contribution in [2.75, 3.05) is 16.8 Å². The fourth-order valence-corrected chi connectivity index (χ4v) is 2.40. The number of benzene rings is 2. The number of hydrogen-bond acceptors (Lipinski definition) is 9. The molecule has 4 rings (SSSR count). The lowest BCUT2D eigenvalue weighted by atomic mass is 10.2. The molecule has 0 aliphatic carbocycles. The van der Waals surface area contributed by atoms with Crippen molar-refractivity contribution >= 4 is 34.3 Å². The fraction of sp³-hybridized carbons (Fsp3) is 0. The minimum atomic E-state index is 0.0863. The average molecular weight is 331 g/mol. The fourth-order valence-electron chi connectivity index (χ4n) is 2.40. The van der Waals surface area contributed by atoms with Crippen molar-refractivity contribution in [1.29, 1.82) is 0 Å². The van der Waals surface area contributed by atoms with Crippen LogP contribution in [0.2, 0.25) is 0 Å². The molecule has 9 nitrogen and oxygen atoms in total. The summed E-state index contributed by atoms with van der Waals surface area (Å²) in [6, 6.07) is 15.1. The van der Waals surface area contributed by atoms with E-state index in [0.29, 0.717) is 11.6 Å². The summed E-state index contributed by atoms with van der Waals surface area (Å²) in [6.45, 7) is 0. The maximum atomic E-state index is 5.61. The second-order valence-corrected chi connectivity index (χ2v) is 5.23. The van der Waals surface area contributed by atoms with Crippen molar-refractivity contribution in [2.45, 2.75) is 0 Å². The first kappa shape index (κ1) is 14.7. The third-order valence-electron chi connectivity index (χ3n) is 3.53. The third kappa shape index (κ3) is 2.98. The molecule has 0 atom stereocenters. The molecule has 0 amide bonds. The largest absolute Gasteiger partial charge is 0.368 e. The first-order valence-electron chi connectivity index (χ1n) is 7.41. The predicted octanol–water partition coefficient (Wildman–Crippen LogP) is 1.78. The first-order valence-corrected chi connectivity index (χ1v) is 7.41. The van der Waals surface area contributed by atoms with Gasteiger partial charge in [-0.25, -0.2) is 0 Å². The highest BCUT2D eigenvalue weighted by Crippen LogP contribution is 2.24. The Kier molecular flexibility index (Phi) is 3.51. The zero-order valence-electron chi connectivity index (χ0n) is 13.0. The van der Waals surface area contributed by atoms with Crippen molar-refractivity contribution in [3.05, 3.63) is 48.5 Å². The Bertz CT molecular complexity index is 1020. The van der Waals surface area contributed by atoms with Gasteiger partial charge in [0.1, 0.15) is 0 Å². The summed E-state index contributed by atoms with van der Waals surface area (Å²) in [4.78, 5) is 11.9. The number of aromatic nitrogens is 6. The molecule has 0 radical (unpaired) electrons.